The molecule has 4 nitrogen and oxygen atoms in total. The lowest BCUT2D eigenvalue weighted by molar-refractivity contribution is -0.120. The number of carbonyl (C=O) groups excluding carboxylic acids is 1. The molecule has 0 bridgehead atoms. The van der Waals surface area contributed by atoms with Gasteiger partial charge in [0, 0.05) is 6.61 Å². The second-order valence-corrected chi connectivity index (χ2v) is 2.26. The molecule has 0 aliphatic carbocycles. The van der Waals surface area contributed by atoms with Gasteiger partial charge in [-0.3, -0.25) is 10.2 Å². The molecule has 1 amide bonds. The van der Waals surface area contributed by atoms with Crippen molar-refractivity contribution >= 4 is 18.5 Å². The Morgan fingerprint density at radius 3 is 2.82 bits per heavy atom. The average molecular weight is 178 g/mol. The highest BCUT2D eigenvalue weighted by Gasteiger charge is 2.00. The second-order valence-electron chi connectivity index (χ2n) is 1.95. The molecule has 1 atom stereocenters. The summed E-state index contributed by atoms with van der Waals surface area (Å²) < 4.78 is 5.09. The van der Waals surface area contributed by atoms with Crippen molar-refractivity contribution in [1.82, 2.24) is 10.9 Å². The first-order valence-electron chi connectivity index (χ1n) is 3.47. The molecule has 0 saturated carbocycles. The van der Waals surface area contributed by atoms with Crippen LogP contribution in [0.15, 0.2) is 0 Å². The Morgan fingerprint density at radius 2 is 2.36 bits per heavy atom. The van der Waals surface area contributed by atoms with E-state index in [-0.39, 0.29) is 17.9 Å². The first kappa shape index (κ1) is 10.7. The maximum absolute atomic E-state index is 10.6. The van der Waals surface area contributed by atoms with E-state index in [1.165, 1.54) is 0 Å². The fraction of sp³-hybridized carbons (Fsp3) is 0.833. The predicted molar refractivity (Wildman–Crippen MR) is 46.2 cm³/mol. The Hall–Kier alpha value is -0.260. The summed E-state index contributed by atoms with van der Waals surface area (Å²) in [5.41, 5.74) is 5.09. The normalized spacial score (nSPS) is 12.6. The van der Waals surface area contributed by atoms with E-state index < -0.39 is 0 Å². The minimum atomic E-state index is -0.167. The van der Waals surface area contributed by atoms with Crippen molar-refractivity contribution in [2.45, 2.75) is 20.1 Å². The van der Waals surface area contributed by atoms with Crippen LogP contribution in [0.1, 0.15) is 13.8 Å². The summed E-state index contributed by atoms with van der Waals surface area (Å²) in [7, 11) is 0. The number of nitrogens with one attached hydrogen (secondary N) is 2. The number of hydrazine groups is 1. The van der Waals surface area contributed by atoms with Gasteiger partial charge in [-0.15, -0.1) is 0 Å². The zero-order valence-electron chi connectivity index (χ0n) is 6.76. The van der Waals surface area contributed by atoms with Crippen LogP contribution in [-0.4, -0.2) is 24.5 Å². The van der Waals surface area contributed by atoms with Gasteiger partial charge in [0.25, 0.3) is 0 Å². The topological polar surface area (TPSA) is 50.4 Å². The third-order valence-corrected chi connectivity index (χ3v) is 1.26. The van der Waals surface area contributed by atoms with Crippen LogP contribution in [0.25, 0.3) is 0 Å². The van der Waals surface area contributed by atoms with Gasteiger partial charge in [-0.1, -0.05) is 0 Å². The van der Waals surface area contributed by atoms with Gasteiger partial charge in [-0.05, 0) is 13.8 Å². The lowest BCUT2D eigenvalue weighted by Gasteiger charge is -2.13. The molecule has 0 aromatic carbocycles. The van der Waals surface area contributed by atoms with Crippen molar-refractivity contribution in [3.8, 4) is 0 Å². The van der Waals surface area contributed by atoms with Crippen molar-refractivity contribution in [2.75, 3.05) is 12.4 Å². The van der Waals surface area contributed by atoms with Crippen molar-refractivity contribution in [1.29, 1.82) is 0 Å². The zero-order valence-corrected chi connectivity index (χ0v) is 7.65. The molecule has 0 fully saturated rings. The van der Waals surface area contributed by atoms with Gasteiger partial charge in [0.2, 0.25) is 5.91 Å². The van der Waals surface area contributed by atoms with Crippen molar-refractivity contribution in [3.05, 3.63) is 0 Å². The summed E-state index contributed by atoms with van der Waals surface area (Å²) in [6.07, 6.45) is -0.163. The van der Waals surface area contributed by atoms with Gasteiger partial charge < -0.3 is 4.74 Å². The molecule has 0 aliphatic heterocycles. The highest BCUT2D eigenvalue weighted by molar-refractivity contribution is 7.81. The van der Waals surface area contributed by atoms with Gasteiger partial charge >= 0.3 is 0 Å². The van der Waals surface area contributed by atoms with E-state index in [0.717, 1.165) is 0 Å². The molecular formula is C6H14N2O2S. The van der Waals surface area contributed by atoms with Gasteiger partial charge in [0.15, 0.2) is 0 Å². The Balaban J connectivity index is 3.29. The average Bonchev–Trinajstić information content (AvgIpc) is 2.01. The summed E-state index contributed by atoms with van der Waals surface area (Å²) in [5.74, 6) is 0.00569. The molecule has 0 radical (unpaired) electrons. The van der Waals surface area contributed by atoms with E-state index >= 15 is 0 Å². The van der Waals surface area contributed by atoms with Gasteiger partial charge in [0.1, 0.15) is 6.23 Å². The molecule has 0 rings (SSSR count). The zero-order chi connectivity index (χ0) is 8.69. The Kier molecular flexibility index (Phi) is 6.30. The van der Waals surface area contributed by atoms with Crippen LogP contribution >= 0.6 is 12.6 Å². The molecule has 0 aliphatic rings. The van der Waals surface area contributed by atoms with E-state index in [9.17, 15) is 4.79 Å². The SMILES string of the molecule is CCO[C@@H](C)NNC(=O)CS. The molecule has 0 saturated heterocycles. The number of thiol groups is 1. The van der Waals surface area contributed by atoms with Crippen LogP contribution < -0.4 is 10.9 Å². The summed E-state index contributed by atoms with van der Waals surface area (Å²) in [6, 6.07) is 0. The van der Waals surface area contributed by atoms with E-state index in [1.54, 1.807) is 0 Å². The number of hydrogen-bond donors (Lipinski definition) is 3. The third-order valence-electron chi connectivity index (χ3n) is 0.975. The summed E-state index contributed by atoms with van der Waals surface area (Å²) in [4.78, 5) is 10.6. The monoisotopic (exact) mass is 178 g/mol. The third kappa shape index (κ3) is 6.15. The number of carbonyl (C=O) groups is 1. The molecule has 0 aromatic heterocycles. The molecule has 0 spiro atoms. The molecule has 66 valence electrons. The maximum Gasteiger partial charge on any atom is 0.243 e. The number of rotatable bonds is 5. The number of amides is 1. The lowest BCUT2D eigenvalue weighted by atomic mass is 10.6. The van der Waals surface area contributed by atoms with E-state index in [0.29, 0.717) is 6.61 Å². The van der Waals surface area contributed by atoms with Crippen LogP contribution in [0, 0.1) is 0 Å². The number of hydrogen-bond acceptors (Lipinski definition) is 4. The molecular weight excluding hydrogens is 164 g/mol. The van der Waals surface area contributed by atoms with Gasteiger partial charge in [-0.25, -0.2) is 5.43 Å². The van der Waals surface area contributed by atoms with Crippen LogP contribution in [0.2, 0.25) is 0 Å². The van der Waals surface area contributed by atoms with Gasteiger partial charge in [-0.2, -0.15) is 12.6 Å². The minimum Gasteiger partial charge on any atom is -0.362 e. The Labute approximate surface area is 72.1 Å². The van der Waals surface area contributed by atoms with Crippen molar-refractivity contribution in [2.24, 2.45) is 0 Å². The standard InChI is InChI=1S/C6H14N2O2S/c1-3-10-5(2)7-8-6(9)4-11/h5,7,11H,3-4H2,1-2H3,(H,8,9)/t5-/m0/s1. The highest BCUT2D eigenvalue weighted by Crippen LogP contribution is 1.81. The first-order valence-corrected chi connectivity index (χ1v) is 4.10. The predicted octanol–water partition coefficient (Wildman–Crippen LogP) is -0.0805. The first-order chi connectivity index (χ1) is 5.20. The largest absolute Gasteiger partial charge is 0.362 e. The van der Waals surface area contributed by atoms with Crippen LogP contribution in [0.5, 0.6) is 0 Å². The molecule has 0 aromatic rings. The van der Waals surface area contributed by atoms with E-state index in [2.05, 4.69) is 23.5 Å². The van der Waals surface area contributed by atoms with Gasteiger partial charge in [0.05, 0.1) is 5.75 Å². The molecule has 5 heteroatoms. The van der Waals surface area contributed by atoms with Crippen LogP contribution in [0.3, 0.4) is 0 Å². The lowest BCUT2D eigenvalue weighted by Crippen LogP contribution is -2.44. The fourth-order valence-corrected chi connectivity index (χ4v) is 0.592. The smallest absolute Gasteiger partial charge is 0.243 e. The van der Waals surface area contributed by atoms with Crippen LogP contribution in [-0.2, 0) is 9.53 Å². The minimum absolute atomic E-state index is 0.163. The Morgan fingerprint density at radius 1 is 1.73 bits per heavy atom. The molecule has 11 heavy (non-hydrogen) atoms. The summed E-state index contributed by atoms with van der Waals surface area (Å²) in [5, 5.41) is 0. The van der Waals surface area contributed by atoms with E-state index in [1.807, 2.05) is 13.8 Å². The fourth-order valence-electron chi connectivity index (χ4n) is 0.513. The molecule has 0 heterocycles. The molecule has 2 N–H and O–H groups in total. The van der Waals surface area contributed by atoms with Crippen molar-refractivity contribution in [3.63, 3.8) is 0 Å². The van der Waals surface area contributed by atoms with Crippen molar-refractivity contribution < 1.29 is 9.53 Å². The highest BCUT2D eigenvalue weighted by atomic mass is 32.1. The second kappa shape index (κ2) is 6.45. The summed E-state index contributed by atoms with van der Waals surface area (Å²) in [6.45, 7) is 4.31. The quantitative estimate of drug-likeness (QED) is 0.313. The maximum atomic E-state index is 10.6. The Bertz CT molecular complexity index is 121. The summed E-state index contributed by atoms with van der Waals surface area (Å²) >= 11 is 3.78. The van der Waals surface area contributed by atoms with E-state index in [4.69, 9.17) is 4.74 Å². The number of ether oxygens (including phenoxy) is 1. The van der Waals surface area contributed by atoms with Crippen LogP contribution in [0.4, 0.5) is 0 Å². The molecule has 0 unspecified atom stereocenters.